The summed E-state index contributed by atoms with van der Waals surface area (Å²) in [6, 6.07) is 7.58. The van der Waals surface area contributed by atoms with Gasteiger partial charge >= 0.3 is 5.97 Å². The average molecular weight is 274 g/mol. The summed E-state index contributed by atoms with van der Waals surface area (Å²) < 4.78 is 5.79. The SMILES string of the molecule is O=C1OCC(c2ccc(Br)cc2)=C1Cl. The standard InChI is InChI=1S/C10H6BrClO2/c11-7-3-1-6(2-4-7)8-5-14-10(13)9(8)12/h1-4H,5H2. The second-order valence-corrected chi connectivity index (χ2v) is 4.17. The smallest absolute Gasteiger partial charge is 0.350 e. The highest BCUT2D eigenvalue weighted by molar-refractivity contribution is 9.10. The van der Waals surface area contributed by atoms with Gasteiger partial charge in [0.2, 0.25) is 0 Å². The molecule has 0 atom stereocenters. The highest BCUT2D eigenvalue weighted by atomic mass is 79.9. The maximum atomic E-state index is 11.0. The van der Waals surface area contributed by atoms with E-state index in [1.165, 1.54) is 0 Å². The lowest BCUT2D eigenvalue weighted by atomic mass is 10.1. The van der Waals surface area contributed by atoms with E-state index in [0.29, 0.717) is 0 Å². The third-order valence-corrected chi connectivity index (χ3v) is 2.90. The van der Waals surface area contributed by atoms with E-state index in [9.17, 15) is 4.79 Å². The maximum absolute atomic E-state index is 11.0. The molecule has 4 heteroatoms. The number of hydrogen-bond donors (Lipinski definition) is 0. The van der Waals surface area contributed by atoms with Gasteiger partial charge in [0.1, 0.15) is 11.6 Å². The van der Waals surface area contributed by atoms with Crippen LogP contribution in [0.2, 0.25) is 0 Å². The van der Waals surface area contributed by atoms with Crippen molar-refractivity contribution in [1.82, 2.24) is 0 Å². The Morgan fingerprint density at radius 1 is 1.29 bits per heavy atom. The molecule has 0 aliphatic carbocycles. The molecular weight excluding hydrogens is 267 g/mol. The minimum Gasteiger partial charge on any atom is -0.456 e. The second kappa shape index (κ2) is 3.75. The van der Waals surface area contributed by atoms with Crippen LogP contribution in [0.25, 0.3) is 5.57 Å². The third kappa shape index (κ3) is 1.70. The van der Waals surface area contributed by atoms with Crippen LogP contribution >= 0.6 is 27.5 Å². The summed E-state index contributed by atoms with van der Waals surface area (Å²) in [6.07, 6.45) is 0. The zero-order valence-corrected chi connectivity index (χ0v) is 9.43. The first-order chi connectivity index (χ1) is 6.68. The lowest BCUT2D eigenvalue weighted by molar-refractivity contribution is -0.135. The molecule has 0 radical (unpaired) electrons. The molecule has 0 fully saturated rings. The predicted octanol–water partition coefficient (Wildman–Crippen LogP) is 2.96. The Hall–Kier alpha value is -0.800. The van der Waals surface area contributed by atoms with E-state index >= 15 is 0 Å². The molecule has 0 saturated carbocycles. The molecule has 0 bridgehead atoms. The summed E-state index contributed by atoms with van der Waals surface area (Å²) in [6.45, 7) is 0.263. The molecular formula is C10H6BrClO2. The fourth-order valence-electron chi connectivity index (χ4n) is 1.25. The second-order valence-electron chi connectivity index (χ2n) is 2.88. The van der Waals surface area contributed by atoms with Crippen LogP contribution < -0.4 is 0 Å². The van der Waals surface area contributed by atoms with Gasteiger partial charge in [-0.1, -0.05) is 39.7 Å². The first-order valence-electron chi connectivity index (χ1n) is 4.00. The first-order valence-corrected chi connectivity index (χ1v) is 5.17. The Morgan fingerprint density at radius 2 is 1.93 bits per heavy atom. The summed E-state index contributed by atoms with van der Waals surface area (Å²) in [4.78, 5) is 11.0. The van der Waals surface area contributed by atoms with Crippen LogP contribution in [0.5, 0.6) is 0 Å². The van der Waals surface area contributed by atoms with Crippen molar-refractivity contribution in [2.24, 2.45) is 0 Å². The van der Waals surface area contributed by atoms with Gasteiger partial charge in [-0.2, -0.15) is 0 Å². The van der Waals surface area contributed by atoms with Gasteiger partial charge in [-0.05, 0) is 17.7 Å². The molecule has 0 N–H and O–H groups in total. The first kappa shape index (κ1) is 9.74. The topological polar surface area (TPSA) is 26.3 Å². The molecule has 1 aromatic carbocycles. The number of halogens is 2. The van der Waals surface area contributed by atoms with Crippen LogP contribution in [0.1, 0.15) is 5.56 Å². The highest BCUT2D eigenvalue weighted by Crippen LogP contribution is 2.28. The van der Waals surface area contributed by atoms with Crippen molar-refractivity contribution >= 4 is 39.1 Å². The van der Waals surface area contributed by atoms with E-state index in [4.69, 9.17) is 16.3 Å². The monoisotopic (exact) mass is 272 g/mol. The van der Waals surface area contributed by atoms with E-state index in [0.717, 1.165) is 15.6 Å². The van der Waals surface area contributed by atoms with Crippen LogP contribution in [-0.2, 0) is 9.53 Å². The molecule has 1 aromatic rings. The van der Waals surface area contributed by atoms with Crippen molar-refractivity contribution in [2.75, 3.05) is 6.61 Å². The van der Waals surface area contributed by atoms with Gasteiger partial charge in [-0.25, -0.2) is 4.79 Å². The van der Waals surface area contributed by atoms with Crippen LogP contribution in [0.3, 0.4) is 0 Å². The van der Waals surface area contributed by atoms with Gasteiger partial charge in [0.15, 0.2) is 0 Å². The number of rotatable bonds is 1. The fraction of sp³-hybridized carbons (Fsp3) is 0.100. The van der Waals surface area contributed by atoms with Gasteiger partial charge in [0.25, 0.3) is 0 Å². The lowest BCUT2D eigenvalue weighted by Gasteiger charge is -2.00. The minimum atomic E-state index is -0.440. The van der Waals surface area contributed by atoms with Crippen LogP contribution in [0.4, 0.5) is 0 Å². The zero-order chi connectivity index (χ0) is 10.1. The van der Waals surface area contributed by atoms with Crippen molar-refractivity contribution in [3.63, 3.8) is 0 Å². The van der Waals surface area contributed by atoms with E-state index in [1.807, 2.05) is 24.3 Å². The van der Waals surface area contributed by atoms with E-state index in [-0.39, 0.29) is 11.6 Å². The molecule has 1 aliphatic heterocycles. The molecule has 0 aromatic heterocycles. The Morgan fingerprint density at radius 3 is 2.43 bits per heavy atom. The van der Waals surface area contributed by atoms with Crippen LogP contribution in [-0.4, -0.2) is 12.6 Å². The molecule has 1 heterocycles. The zero-order valence-electron chi connectivity index (χ0n) is 7.09. The summed E-state index contributed by atoms with van der Waals surface area (Å²) in [7, 11) is 0. The number of carbonyl (C=O) groups excluding carboxylic acids is 1. The normalized spacial score (nSPS) is 16.0. The summed E-state index contributed by atoms with van der Waals surface area (Å²) in [5, 5.41) is 0.187. The number of cyclic esters (lactones) is 1. The summed E-state index contributed by atoms with van der Waals surface area (Å²) >= 11 is 9.13. The molecule has 2 rings (SSSR count). The minimum absolute atomic E-state index is 0.187. The number of ether oxygens (including phenoxy) is 1. The highest BCUT2D eigenvalue weighted by Gasteiger charge is 2.23. The molecule has 14 heavy (non-hydrogen) atoms. The molecule has 0 saturated heterocycles. The lowest BCUT2D eigenvalue weighted by Crippen LogP contribution is -1.93. The molecule has 1 aliphatic rings. The largest absolute Gasteiger partial charge is 0.456 e. The van der Waals surface area contributed by atoms with E-state index in [2.05, 4.69) is 15.9 Å². The molecule has 0 spiro atoms. The van der Waals surface area contributed by atoms with Crippen LogP contribution in [0, 0.1) is 0 Å². The molecule has 72 valence electrons. The molecule has 0 amide bonds. The Balaban J connectivity index is 2.41. The fourth-order valence-corrected chi connectivity index (χ4v) is 1.73. The number of esters is 1. The predicted molar refractivity (Wildman–Crippen MR) is 57.9 cm³/mol. The van der Waals surface area contributed by atoms with Crippen molar-refractivity contribution in [3.8, 4) is 0 Å². The van der Waals surface area contributed by atoms with Crippen molar-refractivity contribution < 1.29 is 9.53 Å². The third-order valence-electron chi connectivity index (χ3n) is 1.98. The van der Waals surface area contributed by atoms with Gasteiger partial charge in [0, 0.05) is 10.0 Å². The summed E-state index contributed by atoms with van der Waals surface area (Å²) in [5.41, 5.74) is 1.67. The molecule has 0 unspecified atom stereocenters. The Kier molecular flexibility index (Phi) is 2.61. The van der Waals surface area contributed by atoms with Gasteiger partial charge in [-0.3, -0.25) is 0 Å². The Bertz CT molecular complexity index is 409. The van der Waals surface area contributed by atoms with Crippen LogP contribution in [0.15, 0.2) is 33.8 Å². The quantitative estimate of drug-likeness (QED) is 0.735. The average Bonchev–Trinajstić information content (AvgIpc) is 2.50. The molecule has 2 nitrogen and oxygen atoms in total. The number of hydrogen-bond acceptors (Lipinski definition) is 2. The van der Waals surface area contributed by atoms with Crippen molar-refractivity contribution in [2.45, 2.75) is 0 Å². The van der Waals surface area contributed by atoms with E-state index in [1.54, 1.807) is 0 Å². The van der Waals surface area contributed by atoms with Gasteiger partial charge < -0.3 is 4.74 Å². The number of carbonyl (C=O) groups is 1. The number of benzene rings is 1. The van der Waals surface area contributed by atoms with Crippen molar-refractivity contribution in [1.29, 1.82) is 0 Å². The maximum Gasteiger partial charge on any atom is 0.350 e. The van der Waals surface area contributed by atoms with Gasteiger partial charge in [-0.15, -0.1) is 0 Å². The summed E-state index contributed by atoms with van der Waals surface area (Å²) in [5.74, 6) is -0.440. The van der Waals surface area contributed by atoms with E-state index < -0.39 is 5.97 Å². The Labute approximate surface area is 94.6 Å². The van der Waals surface area contributed by atoms with Gasteiger partial charge in [0.05, 0.1) is 0 Å². The van der Waals surface area contributed by atoms with Crippen molar-refractivity contribution in [3.05, 3.63) is 39.3 Å².